The monoisotopic (exact) mass is 611 g/mol. The van der Waals surface area contributed by atoms with Crippen LogP contribution in [0, 0.1) is 6.92 Å². The van der Waals surface area contributed by atoms with Crippen LogP contribution in [0.25, 0.3) is 0 Å². The van der Waals surface area contributed by atoms with Gasteiger partial charge in [-0.15, -0.1) is 0 Å². The van der Waals surface area contributed by atoms with Crippen molar-refractivity contribution < 1.29 is 22.7 Å². The van der Waals surface area contributed by atoms with Gasteiger partial charge in [-0.05, 0) is 74.7 Å². The highest BCUT2D eigenvalue weighted by Gasteiger charge is 2.33. The van der Waals surface area contributed by atoms with E-state index < -0.39 is 28.5 Å². The van der Waals surface area contributed by atoms with Crippen molar-refractivity contribution in [1.29, 1.82) is 0 Å². The number of hydrogen-bond acceptors (Lipinski definition) is 5. The number of halogens is 1. The van der Waals surface area contributed by atoms with E-state index in [-0.39, 0.29) is 23.4 Å². The highest BCUT2D eigenvalue weighted by atomic mass is 35.5. The van der Waals surface area contributed by atoms with Gasteiger partial charge in [0, 0.05) is 17.6 Å². The number of benzene rings is 3. The maximum atomic E-state index is 14.1. The molecule has 1 fully saturated rings. The van der Waals surface area contributed by atoms with E-state index in [1.165, 1.54) is 24.1 Å². The van der Waals surface area contributed by atoms with Gasteiger partial charge >= 0.3 is 0 Å². The quantitative estimate of drug-likeness (QED) is 0.299. The molecule has 0 aromatic heterocycles. The smallest absolute Gasteiger partial charge is 0.264 e. The Bertz CT molecular complexity index is 1470. The topological polar surface area (TPSA) is 96.0 Å². The van der Waals surface area contributed by atoms with E-state index in [4.69, 9.17) is 16.3 Å². The van der Waals surface area contributed by atoms with Crippen LogP contribution < -0.4 is 14.4 Å². The number of rotatable bonds is 11. The first kappa shape index (κ1) is 31.4. The van der Waals surface area contributed by atoms with Crippen LogP contribution in [0.5, 0.6) is 5.75 Å². The average molecular weight is 612 g/mol. The van der Waals surface area contributed by atoms with Gasteiger partial charge in [0.25, 0.3) is 10.0 Å². The summed E-state index contributed by atoms with van der Waals surface area (Å²) in [4.78, 5) is 29.0. The van der Waals surface area contributed by atoms with Gasteiger partial charge in [-0.1, -0.05) is 66.8 Å². The fourth-order valence-corrected chi connectivity index (χ4v) is 6.69. The van der Waals surface area contributed by atoms with Crippen LogP contribution in [0.4, 0.5) is 5.69 Å². The van der Waals surface area contributed by atoms with E-state index in [1.807, 2.05) is 13.0 Å². The number of methoxy groups -OCH3 is 1. The van der Waals surface area contributed by atoms with Gasteiger partial charge in [-0.25, -0.2) is 8.42 Å². The molecule has 8 nitrogen and oxygen atoms in total. The molecule has 3 aromatic rings. The van der Waals surface area contributed by atoms with Crippen LogP contribution in [0.3, 0.4) is 0 Å². The second kappa shape index (κ2) is 14.1. The molecule has 42 heavy (non-hydrogen) atoms. The first-order valence-electron chi connectivity index (χ1n) is 14.2. The number of nitrogens with one attached hydrogen (secondary N) is 1. The predicted molar refractivity (Wildman–Crippen MR) is 165 cm³/mol. The Morgan fingerprint density at radius 1 is 0.976 bits per heavy atom. The lowest BCUT2D eigenvalue weighted by molar-refractivity contribution is -0.139. The van der Waals surface area contributed by atoms with Crippen molar-refractivity contribution in [2.45, 2.75) is 69.5 Å². The first-order chi connectivity index (χ1) is 20.1. The van der Waals surface area contributed by atoms with Gasteiger partial charge in [0.1, 0.15) is 18.3 Å². The molecule has 1 saturated carbocycles. The maximum absolute atomic E-state index is 14.1. The van der Waals surface area contributed by atoms with Crippen molar-refractivity contribution in [3.05, 3.63) is 88.9 Å². The SMILES string of the molecule is COc1ccc(N(CC(=O)N(Cc2ccccc2Cl)[C@@H](C)C(=O)NC2CCCCC2)S(=O)(=O)c2ccc(C)cc2)cc1. The highest BCUT2D eigenvalue weighted by molar-refractivity contribution is 7.92. The number of anilines is 1. The number of carbonyl (C=O) groups is 2. The Hall–Kier alpha value is -3.56. The Morgan fingerprint density at radius 3 is 2.24 bits per heavy atom. The normalized spacial score (nSPS) is 14.6. The molecule has 1 N–H and O–H groups in total. The molecular formula is C32H38ClN3O5S. The van der Waals surface area contributed by atoms with Crippen molar-refractivity contribution in [3.63, 3.8) is 0 Å². The van der Waals surface area contributed by atoms with Crippen molar-refractivity contribution in [2.75, 3.05) is 18.0 Å². The van der Waals surface area contributed by atoms with E-state index in [0.29, 0.717) is 22.0 Å². The Labute approximate surface area is 253 Å². The summed E-state index contributed by atoms with van der Waals surface area (Å²) in [6, 6.07) is 19.2. The van der Waals surface area contributed by atoms with Crippen molar-refractivity contribution in [3.8, 4) is 5.75 Å². The summed E-state index contributed by atoms with van der Waals surface area (Å²) >= 11 is 6.45. The van der Waals surface area contributed by atoms with Crippen LogP contribution in [0.15, 0.2) is 77.7 Å². The van der Waals surface area contributed by atoms with E-state index in [0.717, 1.165) is 42.0 Å². The second-order valence-electron chi connectivity index (χ2n) is 10.7. The zero-order valence-corrected chi connectivity index (χ0v) is 25.8. The summed E-state index contributed by atoms with van der Waals surface area (Å²) in [5, 5.41) is 3.56. The molecule has 4 rings (SSSR count). The molecule has 0 heterocycles. The van der Waals surface area contributed by atoms with Crippen LogP contribution in [0.1, 0.15) is 50.2 Å². The molecular weight excluding hydrogens is 574 g/mol. The zero-order chi connectivity index (χ0) is 30.3. The molecule has 2 amide bonds. The fraction of sp³-hybridized carbons (Fsp3) is 0.375. The van der Waals surface area contributed by atoms with Gasteiger partial charge in [0.05, 0.1) is 17.7 Å². The minimum absolute atomic E-state index is 0.0405. The van der Waals surface area contributed by atoms with E-state index >= 15 is 0 Å². The van der Waals surface area contributed by atoms with Crippen LogP contribution in [-0.2, 0) is 26.2 Å². The Kier molecular flexibility index (Phi) is 10.5. The first-order valence-corrected chi connectivity index (χ1v) is 16.0. The van der Waals surface area contributed by atoms with Crippen LogP contribution in [-0.4, -0.2) is 50.9 Å². The summed E-state index contributed by atoms with van der Waals surface area (Å²) in [6.07, 6.45) is 5.05. The maximum Gasteiger partial charge on any atom is 0.264 e. The lowest BCUT2D eigenvalue weighted by Gasteiger charge is -2.33. The number of nitrogens with zero attached hydrogens (tertiary/aromatic N) is 2. The summed E-state index contributed by atoms with van der Waals surface area (Å²) in [5.41, 5.74) is 1.86. The third-order valence-corrected chi connectivity index (χ3v) is 9.82. The molecule has 224 valence electrons. The molecule has 1 aliphatic carbocycles. The third kappa shape index (κ3) is 7.63. The fourth-order valence-electron chi connectivity index (χ4n) is 5.08. The molecule has 0 unspecified atom stereocenters. The molecule has 0 spiro atoms. The molecule has 10 heteroatoms. The lowest BCUT2D eigenvalue weighted by atomic mass is 9.95. The minimum atomic E-state index is -4.15. The standard InChI is InChI=1S/C32H38ClN3O5S/c1-23-13-19-29(20-14-23)42(39,40)36(27-15-17-28(41-3)18-16-27)22-31(37)35(21-25-9-7-8-12-30(25)33)24(2)32(38)34-26-10-5-4-6-11-26/h7-9,12-20,24,26H,4-6,10-11,21-22H2,1-3H3,(H,34,38)/t24-/m0/s1. The second-order valence-corrected chi connectivity index (χ2v) is 12.9. The van der Waals surface area contributed by atoms with Crippen molar-refractivity contribution >= 4 is 39.1 Å². The average Bonchev–Trinajstić information content (AvgIpc) is 2.99. The molecule has 0 aliphatic heterocycles. The molecule has 3 aromatic carbocycles. The largest absolute Gasteiger partial charge is 0.497 e. The number of amides is 2. The molecule has 1 aliphatic rings. The minimum Gasteiger partial charge on any atom is -0.497 e. The number of ether oxygens (including phenoxy) is 1. The van der Waals surface area contributed by atoms with Crippen LogP contribution in [0.2, 0.25) is 5.02 Å². The third-order valence-electron chi connectivity index (χ3n) is 7.67. The number of carbonyl (C=O) groups excluding carboxylic acids is 2. The summed E-state index contributed by atoms with van der Waals surface area (Å²) in [7, 11) is -2.63. The Morgan fingerprint density at radius 2 is 1.62 bits per heavy atom. The van der Waals surface area contributed by atoms with Gasteiger partial charge in [-0.3, -0.25) is 13.9 Å². The summed E-state index contributed by atoms with van der Waals surface area (Å²) in [5.74, 6) is -0.265. The van der Waals surface area contributed by atoms with E-state index in [2.05, 4.69) is 5.32 Å². The predicted octanol–water partition coefficient (Wildman–Crippen LogP) is 5.72. The van der Waals surface area contributed by atoms with Gasteiger partial charge in [-0.2, -0.15) is 0 Å². The lowest BCUT2D eigenvalue weighted by Crippen LogP contribution is -2.53. The molecule has 1 atom stereocenters. The van der Waals surface area contributed by atoms with E-state index in [9.17, 15) is 18.0 Å². The summed E-state index contributed by atoms with van der Waals surface area (Å²) in [6.45, 7) is 3.06. The summed E-state index contributed by atoms with van der Waals surface area (Å²) < 4.78 is 34.2. The Balaban J connectivity index is 1.68. The molecule has 0 bridgehead atoms. The van der Waals surface area contributed by atoms with E-state index in [1.54, 1.807) is 61.5 Å². The number of sulfonamides is 1. The van der Waals surface area contributed by atoms with Crippen molar-refractivity contribution in [2.24, 2.45) is 0 Å². The van der Waals surface area contributed by atoms with Gasteiger partial charge < -0.3 is 15.0 Å². The number of hydrogen-bond donors (Lipinski definition) is 1. The van der Waals surface area contributed by atoms with Crippen LogP contribution >= 0.6 is 11.6 Å². The zero-order valence-electron chi connectivity index (χ0n) is 24.3. The van der Waals surface area contributed by atoms with Gasteiger partial charge in [0.2, 0.25) is 11.8 Å². The highest BCUT2D eigenvalue weighted by Crippen LogP contribution is 2.27. The van der Waals surface area contributed by atoms with Gasteiger partial charge in [0.15, 0.2) is 0 Å². The molecule has 0 saturated heterocycles. The number of aryl methyl sites for hydroxylation is 1. The van der Waals surface area contributed by atoms with Crippen molar-refractivity contribution in [1.82, 2.24) is 10.2 Å². The molecule has 0 radical (unpaired) electrons.